The summed E-state index contributed by atoms with van der Waals surface area (Å²) in [5, 5.41) is 0. The highest BCUT2D eigenvalue weighted by Crippen LogP contribution is 2.18. The summed E-state index contributed by atoms with van der Waals surface area (Å²) in [7, 11) is 1.60. The van der Waals surface area contributed by atoms with Crippen molar-refractivity contribution in [2.24, 2.45) is 5.92 Å². The summed E-state index contributed by atoms with van der Waals surface area (Å²) in [5.41, 5.74) is 0.336. The zero-order valence-electron chi connectivity index (χ0n) is 9.33. The molecular weight excluding hydrogens is 193 g/mol. The van der Waals surface area contributed by atoms with Crippen LogP contribution in [0.3, 0.4) is 0 Å². The van der Waals surface area contributed by atoms with Crippen molar-refractivity contribution in [3.8, 4) is 0 Å². The molecule has 0 atom stereocenters. The van der Waals surface area contributed by atoms with Crippen LogP contribution >= 0.6 is 0 Å². The number of hydrogen-bond acceptors (Lipinski definition) is 1. The SMILES string of the molecule is CC(C)CC(=O)N(C)c1ccccc1F. The van der Waals surface area contributed by atoms with E-state index in [1.165, 1.54) is 11.0 Å². The predicted octanol–water partition coefficient (Wildman–Crippen LogP) is 2.83. The summed E-state index contributed by atoms with van der Waals surface area (Å²) >= 11 is 0. The average Bonchev–Trinajstić information content (AvgIpc) is 2.16. The van der Waals surface area contributed by atoms with Crippen molar-refractivity contribution >= 4 is 11.6 Å². The number of hydrogen-bond donors (Lipinski definition) is 0. The number of halogens is 1. The largest absolute Gasteiger partial charge is 0.313 e. The number of carbonyl (C=O) groups excluding carboxylic acids is 1. The van der Waals surface area contributed by atoms with Gasteiger partial charge in [-0.25, -0.2) is 4.39 Å². The molecular formula is C12H16FNO. The first-order valence-corrected chi connectivity index (χ1v) is 5.03. The predicted molar refractivity (Wildman–Crippen MR) is 59.3 cm³/mol. The zero-order valence-corrected chi connectivity index (χ0v) is 9.33. The Balaban J connectivity index is 2.81. The second-order valence-corrected chi connectivity index (χ2v) is 4.00. The molecule has 0 radical (unpaired) electrons. The molecule has 0 unspecified atom stereocenters. The molecule has 0 saturated carbocycles. The van der Waals surface area contributed by atoms with Gasteiger partial charge < -0.3 is 4.90 Å². The van der Waals surface area contributed by atoms with Crippen LogP contribution < -0.4 is 4.90 Å². The van der Waals surface area contributed by atoms with Crippen LogP contribution in [0.4, 0.5) is 10.1 Å². The van der Waals surface area contributed by atoms with Gasteiger partial charge in [0.15, 0.2) is 0 Å². The summed E-state index contributed by atoms with van der Waals surface area (Å²) < 4.78 is 13.3. The Kier molecular flexibility index (Phi) is 3.83. The Labute approximate surface area is 89.7 Å². The standard InChI is InChI=1S/C12H16FNO/c1-9(2)8-12(15)14(3)11-7-5-4-6-10(11)13/h4-7,9H,8H2,1-3H3. The fourth-order valence-electron chi connectivity index (χ4n) is 1.34. The molecule has 0 saturated heterocycles. The third-order valence-corrected chi connectivity index (χ3v) is 2.17. The van der Waals surface area contributed by atoms with E-state index in [4.69, 9.17) is 0 Å². The van der Waals surface area contributed by atoms with Gasteiger partial charge in [-0.3, -0.25) is 4.79 Å². The number of nitrogens with zero attached hydrogens (tertiary/aromatic N) is 1. The molecule has 1 aromatic rings. The maximum atomic E-state index is 13.3. The maximum absolute atomic E-state index is 13.3. The van der Waals surface area contributed by atoms with E-state index >= 15 is 0 Å². The summed E-state index contributed by atoms with van der Waals surface area (Å²) in [4.78, 5) is 13.0. The van der Waals surface area contributed by atoms with Crippen molar-refractivity contribution in [1.82, 2.24) is 0 Å². The summed E-state index contributed by atoms with van der Waals surface area (Å²) in [5.74, 6) is -0.140. The van der Waals surface area contributed by atoms with E-state index in [0.29, 0.717) is 12.1 Å². The van der Waals surface area contributed by atoms with Gasteiger partial charge in [-0.15, -0.1) is 0 Å². The molecule has 0 heterocycles. The maximum Gasteiger partial charge on any atom is 0.227 e. The van der Waals surface area contributed by atoms with Crippen molar-refractivity contribution in [3.63, 3.8) is 0 Å². The molecule has 82 valence electrons. The van der Waals surface area contributed by atoms with Crippen LogP contribution in [0.1, 0.15) is 20.3 Å². The van der Waals surface area contributed by atoms with Crippen LogP contribution in [0, 0.1) is 11.7 Å². The molecule has 1 aromatic carbocycles. The first kappa shape index (κ1) is 11.7. The minimum absolute atomic E-state index is 0.0601. The average molecular weight is 209 g/mol. The minimum atomic E-state index is -0.364. The summed E-state index contributed by atoms with van der Waals surface area (Å²) in [6.45, 7) is 3.93. The second kappa shape index (κ2) is 4.91. The van der Waals surface area contributed by atoms with Gasteiger partial charge in [-0.2, -0.15) is 0 Å². The molecule has 1 amide bonds. The monoisotopic (exact) mass is 209 g/mol. The van der Waals surface area contributed by atoms with Gasteiger partial charge in [0, 0.05) is 13.5 Å². The van der Waals surface area contributed by atoms with Crippen LogP contribution in [-0.2, 0) is 4.79 Å². The molecule has 0 spiro atoms. The van der Waals surface area contributed by atoms with Crippen molar-refractivity contribution in [2.45, 2.75) is 20.3 Å². The molecule has 0 aliphatic carbocycles. The minimum Gasteiger partial charge on any atom is -0.313 e. The number of para-hydroxylation sites is 1. The third kappa shape index (κ3) is 3.05. The quantitative estimate of drug-likeness (QED) is 0.749. The fourth-order valence-corrected chi connectivity index (χ4v) is 1.34. The van der Waals surface area contributed by atoms with Crippen molar-refractivity contribution < 1.29 is 9.18 Å². The summed E-state index contributed by atoms with van der Waals surface area (Å²) in [6, 6.07) is 6.29. The van der Waals surface area contributed by atoms with Crippen molar-refractivity contribution in [3.05, 3.63) is 30.1 Å². The fraction of sp³-hybridized carbons (Fsp3) is 0.417. The summed E-state index contributed by atoms with van der Waals surface area (Å²) in [6.07, 6.45) is 0.435. The molecule has 15 heavy (non-hydrogen) atoms. The first-order chi connectivity index (χ1) is 7.02. The highest BCUT2D eigenvalue weighted by Gasteiger charge is 2.14. The van der Waals surface area contributed by atoms with Crippen LogP contribution in [0.25, 0.3) is 0 Å². The van der Waals surface area contributed by atoms with E-state index in [-0.39, 0.29) is 17.6 Å². The number of carbonyl (C=O) groups is 1. The van der Waals surface area contributed by atoms with E-state index in [2.05, 4.69) is 0 Å². The number of anilines is 1. The van der Waals surface area contributed by atoms with Crippen molar-refractivity contribution in [1.29, 1.82) is 0 Å². The number of rotatable bonds is 3. The van der Waals surface area contributed by atoms with Gasteiger partial charge in [0.25, 0.3) is 0 Å². The Bertz CT molecular complexity index is 349. The lowest BCUT2D eigenvalue weighted by Gasteiger charge is -2.18. The van der Waals surface area contributed by atoms with Crippen LogP contribution in [-0.4, -0.2) is 13.0 Å². The Morgan fingerprint density at radius 3 is 2.53 bits per heavy atom. The number of amides is 1. The van der Waals surface area contributed by atoms with Gasteiger partial charge in [-0.1, -0.05) is 26.0 Å². The van der Waals surface area contributed by atoms with Gasteiger partial charge >= 0.3 is 0 Å². The van der Waals surface area contributed by atoms with E-state index in [9.17, 15) is 9.18 Å². The lowest BCUT2D eigenvalue weighted by molar-refractivity contribution is -0.119. The lowest BCUT2D eigenvalue weighted by atomic mass is 10.1. The van der Waals surface area contributed by atoms with Gasteiger partial charge in [0.2, 0.25) is 5.91 Å². The Hall–Kier alpha value is -1.38. The third-order valence-electron chi connectivity index (χ3n) is 2.17. The Morgan fingerprint density at radius 2 is 2.00 bits per heavy atom. The van der Waals surface area contributed by atoms with Gasteiger partial charge in [0.05, 0.1) is 5.69 Å². The first-order valence-electron chi connectivity index (χ1n) is 5.03. The van der Waals surface area contributed by atoms with Gasteiger partial charge in [-0.05, 0) is 18.1 Å². The molecule has 3 heteroatoms. The molecule has 0 aliphatic heterocycles. The highest BCUT2D eigenvalue weighted by atomic mass is 19.1. The van der Waals surface area contributed by atoms with Crippen molar-refractivity contribution in [2.75, 3.05) is 11.9 Å². The zero-order chi connectivity index (χ0) is 11.4. The van der Waals surface area contributed by atoms with E-state index in [1.54, 1.807) is 25.2 Å². The highest BCUT2D eigenvalue weighted by molar-refractivity contribution is 5.92. The Morgan fingerprint density at radius 1 is 1.40 bits per heavy atom. The number of benzene rings is 1. The van der Waals surface area contributed by atoms with E-state index in [0.717, 1.165) is 0 Å². The normalized spacial score (nSPS) is 10.5. The van der Waals surface area contributed by atoms with E-state index in [1.807, 2.05) is 13.8 Å². The van der Waals surface area contributed by atoms with Crippen LogP contribution in [0.5, 0.6) is 0 Å². The van der Waals surface area contributed by atoms with Crippen LogP contribution in [0.15, 0.2) is 24.3 Å². The molecule has 0 N–H and O–H groups in total. The molecule has 2 nitrogen and oxygen atoms in total. The molecule has 1 rings (SSSR count). The van der Waals surface area contributed by atoms with E-state index < -0.39 is 0 Å². The second-order valence-electron chi connectivity index (χ2n) is 4.00. The molecule has 0 aliphatic rings. The molecule has 0 fully saturated rings. The smallest absolute Gasteiger partial charge is 0.227 e. The molecule has 0 bridgehead atoms. The topological polar surface area (TPSA) is 20.3 Å². The van der Waals surface area contributed by atoms with Crippen LogP contribution in [0.2, 0.25) is 0 Å². The molecule has 0 aromatic heterocycles. The van der Waals surface area contributed by atoms with Gasteiger partial charge in [0.1, 0.15) is 5.82 Å². The lowest BCUT2D eigenvalue weighted by Crippen LogP contribution is -2.27.